The maximum absolute atomic E-state index is 11.7. The van der Waals surface area contributed by atoms with Gasteiger partial charge in [0.25, 0.3) is 0 Å². The summed E-state index contributed by atoms with van der Waals surface area (Å²) in [6.07, 6.45) is 2.91. The number of carbonyl (C=O) groups is 2. The van der Waals surface area contributed by atoms with Crippen molar-refractivity contribution >= 4 is 11.9 Å². The lowest BCUT2D eigenvalue weighted by Crippen LogP contribution is -2.43. The normalized spacial score (nSPS) is 18.7. The molecular weight excluding hydrogens is 230 g/mol. The second kappa shape index (κ2) is 6.21. The summed E-state index contributed by atoms with van der Waals surface area (Å²) in [4.78, 5) is 25.2. The van der Waals surface area contributed by atoms with Gasteiger partial charge in [-0.2, -0.15) is 0 Å². The highest BCUT2D eigenvalue weighted by Crippen LogP contribution is 2.17. The summed E-state index contributed by atoms with van der Waals surface area (Å²) in [5.41, 5.74) is -0.0140. The van der Waals surface area contributed by atoms with Gasteiger partial charge in [-0.1, -0.05) is 20.8 Å². The van der Waals surface area contributed by atoms with Gasteiger partial charge in [0.2, 0.25) is 5.91 Å². The molecule has 1 fully saturated rings. The molecule has 0 aromatic carbocycles. The largest absolute Gasteiger partial charge is 0.465 e. The van der Waals surface area contributed by atoms with Crippen LogP contribution in [0.25, 0.3) is 0 Å². The molecule has 1 heterocycles. The molecule has 104 valence electrons. The predicted molar refractivity (Wildman–Crippen MR) is 70.1 cm³/mol. The van der Waals surface area contributed by atoms with E-state index in [1.54, 1.807) is 0 Å². The zero-order valence-corrected chi connectivity index (χ0v) is 12.0. The van der Waals surface area contributed by atoms with Crippen molar-refractivity contribution in [2.24, 2.45) is 5.41 Å². The van der Waals surface area contributed by atoms with Crippen LogP contribution in [-0.4, -0.2) is 36.0 Å². The molecule has 1 aliphatic heterocycles. The van der Waals surface area contributed by atoms with Crippen LogP contribution in [0.2, 0.25) is 0 Å². The second-order valence-electron chi connectivity index (χ2n) is 6.32. The Balaban J connectivity index is 2.36. The van der Waals surface area contributed by atoms with Gasteiger partial charge in [0.05, 0.1) is 13.0 Å². The van der Waals surface area contributed by atoms with E-state index in [-0.39, 0.29) is 23.3 Å². The first-order valence-electron chi connectivity index (χ1n) is 6.75. The lowest BCUT2D eigenvalue weighted by Gasteiger charge is -2.32. The quantitative estimate of drug-likeness (QED) is 0.724. The fourth-order valence-corrected chi connectivity index (χ4v) is 2.00. The van der Waals surface area contributed by atoms with Crippen molar-refractivity contribution in [2.75, 3.05) is 13.2 Å². The topological polar surface area (TPSA) is 46.6 Å². The fourth-order valence-electron chi connectivity index (χ4n) is 2.00. The number of piperidine rings is 1. The zero-order chi connectivity index (χ0) is 13.8. The molecule has 1 aliphatic rings. The summed E-state index contributed by atoms with van der Waals surface area (Å²) in [6.45, 7) is 9.19. The first-order valence-corrected chi connectivity index (χ1v) is 6.75. The van der Waals surface area contributed by atoms with Gasteiger partial charge in [-0.05, 0) is 25.2 Å². The Hall–Kier alpha value is -1.06. The predicted octanol–water partition coefficient (Wildman–Crippen LogP) is 2.37. The molecule has 1 amide bonds. The third-order valence-corrected chi connectivity index (χ3v) is 3.02. The maximum atomic E-state index is 11.7. The molecule has 1 rings (SSSR count). The Morgan fingerprint density at radius 1 is 1.39 bits per heavy atom. The fraction of sp³-hybridized carbons (Fsp3) is 0.857. The highest BCUT2D eigenvalue weighted by atomic mass is 16.5. The molecule has 0 aromatic heterocycles. The summed E-state index contributed by atoms with van der Waals surface area (Å²) in [5.74, 6) is -0.0480. The van der Waals surface area contributed by atoms with Gasteiger partial charge in [0.1, 0.15) is 0 Å². The van der Waals surface area contributed by atoms with Crippen LogP contribution in [0.4, 0.5) is 0 Å². The van der Waals surface area contributed by atoms with Crippen molar-refractivity contribution < 1.29 is 14.3 Å². The van der Waals surface area contributed by atoms with Crippen LogP contribution in [-0.2, 0) is 14.3 Å². The van der Waals surface area contributed by atoms with Crippen LogP contribution in [0, 0.1) is 5.41 Å². The molecule has 4 nitrogen and oxygen atoms in total. The molecule has 0 saturated carbocycles. The minimum Gasteiger partial charge on any atom is -0.465 e. The SMILES string of the molecule is C[C@@H](CC(=O)OCC(C)(C)C)N1CCCCC1=O. The van der Waals surface area contributed by atoms with Crippen molar-refractivity contribution in [3.05, 3.63) is 0 Å². The molecule has 18 heavy (non-hydrogen) atoms. The Morgan fingerprint density at radius 3 is 2.61 bits per heavy atom. The molecule has 1 atom stereocenters. The number of carbonyl (C=O) groups excluding carboxylic acids is 2. The highest BCUT2D eigenvalue weighted by molar-refractivity contribution is 5.78. The van der Waals surface area contributed by atoms with E-state index in [0.717, 1.165) is 19.4 Å². The number of rotatable bonds is 4. The number of ether oxygens (including phenoxy) is 1. The number of esters is 1. The van der Waals surface area contributed by atoms with E-state index in [1.165, 1.54) is 0 Å². The van der Waals surface area contributed by atoms with E-state index in [4.69, 9.17) is 4.74 Å². The number of nitrogens with zero attached hydrogens (tertiary/aromatic N) is 1. The van der Waals surface area contributed by atoms with Gasteiger partial charge in [-0.25, -0.2) is 0 Å². The first-order chi connectivity index (χ1) is 8.29. The number of hydrogen-bond donors (Lipinski definition) is 0. The zero-order valence-electron chi connectivity index (χ0n) is 12.0. The summed E-state index contributed by atoms with van der Waals surface area (Å²) in [5, 5.41) is 0. The molecule has 0 N–H and O–H groups in total. The van der Waals surface area contributed by atoms with E-state index >= 15 is 0 Å². The van der Waals surface area contributed by atoms with Crippen molar-refractivity contribution in [1.82, 2.24) is 4.90 Å². The average molecular weight is 255 g/mol. The molecular formula is C14H25NO3. The van der Waals surface area contributed by atoms with E-state index < -0.39 is 0 Å². The summed E-state index contributed by atoms with van der Waals surface area (Å²) in [6, 6.07) is -0.0507. The molecule has 0 aromatic rings. The highest BCUT2D eigenvalue weighted by Gasteiger charge is 2.25. The molecule has 0 bridgehead atoms. The standard InChI is InChI=1S/C14H25NO3/c1-11(15-8-6-5-7-12(15)16)9-13(17)18-10-14(2,3)4/h11H,5-10H2,1-4H3/t11-/m0/s1. The first kappa shape index (κ1) is 15.0. The number of likely N-dealkylation sites (tertiary alicyclic amines) is 1. The molecule has 4 heteroatoms. The minimum absolute atomic E-state index is 0.0140. The van der Waals surface area contributed by atoms with Gasteiger partial charge in [-0.3, -0.25) is 9.59 Å². The van der Waals surface area contributed by atoms with Crippen LogP contribution in [0.1, 0.15) is 53.4 Å². The third kappa shape index (κ3) is 5.07. The van der Waals surface area contributed by atoms with Crippen LogP contribution >= 0.6 is 0 Å². The lowest BCUT2D eigenvalue weighted by atomic mass is 9.99. The molecule has 0 radical (unpaired) electrons. The van der Waals surface area contributed by atoms with E-state index in [2.05, 4.69) is 0 Å². The Kier molecular flexibility index (Phi) is 5.17. The second-order valence-corrected chi connectivity index (χ2v) is 6.32. The van der Waals surface area contributed by atoms with E-state index in [9.17, 15) is 9.59 Å². The Bertz CT molecular complexity index is 307. The summed E-state index contributed by atoms with van der Waals surface area (Å²) >= 11 is 0. The average Bonchev–Trinajstić information content (AvgIpc) is 2.26. The summed E-state index contributed by atoms with van der Waals surface area (Å²) in [7, 11) is 0. The third-order valence-electron chi connectivity index (χ3n) is 3.02. The Labute approximate surface area is 110 Å². The lowest BCUT2D eigenvalue weighted by molar-refractivity contribution is -0.149. The number of amides is 1. The van der Waals surface area contributed by atoms with Gasteiger partial charge < -0.3 is 9.64 Å². The molecule has 1 saturated heterocycles. The van der Waals surface area contributed by atoms with Crippen LogP contribution in [0.15, 0.2) is 0 Å². The maximum Gasteiger partial charge on any atom is 0.307 e. The Morgan fingerprint density at radius 2 is 2.06 bits per heavy atom. The molecule has 0 aliphatic carbocycles. The molecule has 0 unspecified atom stereocenters. The van der Waals surface area contributed by atoms with Gasteiger partial charge in [0.15, 0.2) is 0 Å². The van der Waals surface area contributed by atoms with E-state index in [1.807, 2.05) is 32.6 Å². The van der Waals surface area contributed by atoms with Crippen molar-refractivity contribution in [2.45, 2.75) is 59.4 Å². The summed E-state index contributed by atoms with van der Waals surface area (Å²) < 4.78 is 5.23. The van der Waals surface area contributed by atoms with E-state index in [0.29, 0.717) is 19.4 Å². The monoisotopic (exact) mass is 255 g/mol. The van der Waals surface area contributed by atoms with Crippen LogP contribution < -0.4 is 0 Å². The van der Waals surface area contributed by atoms with Crippen molar-refractivity contribution in [3.63, 3.8) is 0 Å². The minimum atomic E-state index is -0.212. The number of hydrogen-bond acceptors (Lipinski definition) is 3. The van der Waals surface area contributed by atoms with Crippen LogP contribution in [0.3, 0.4) is 0 Å². The van der Waals surface area contributed by atoms with Crippen molar-refractivity contribution in [1.29, 1.82) is 0 Å². The molecule has 0 spiro atoms. The van der Waals surface area contributed by atoms with Gasteiger partial charge >= 0.3 is 5.97 Å². The van der Waals surface area contributed by atoms with Gasteiger partial charge in [-0.15, -0.1) is 0 Å². The smallest absolute Gasteiger partial charge is 0.307 e. The van der Waals surface area contributed by atoms with Crippen LogP contribution in [0.5, 0.6) is 0 Å². The van der Waals surface area contributed by atoms with Crippen molar-refractivity contribution in [3.8, 4) is 0 Å². The van der Waals surface area contributed by atoms with Gasteiger partial charge in [0, 0.05) is 19.0 Å².